The van der Waals surface area contributed by atoms with Crippen molar-refractivity contribution >= 4 is 40.9 Å². The molecule has 3 aromatic carbocycles. The van der Waals surface area contributed by atoms with Crippen molar-refractivity contribution in [3.8, 4) is 11.5 Å². The van der Waals surface area contributed by atoms with Crippen LogP contribution in [-0.4, -0.2) is 24.0 Å². The van der Waals surface area contributed by atoms with Crippen LogP contribution in [0.1, 0.15) is 23.6 Å². The summed E-state index contributed by atoms with van der Waals surface area (Å²) in [6.45, 7) is 2.41. The van der Waals surface area contributed by atoms with Crippen LogP contribution in [0.4, 0.5) is 5.69 Å². The Morgan fingerprint density at radius 1 is 0.941 bits per heavy atom. The number of amides is 2. The number of carbonyl (C=O) groups excluding carboxylic acids is 2. The molecule has 0 atom stereocenters. The summed E-state index contributed by atoms with van der Waals surface area (Å²) < 4.78 is 11.4. The molecule has 0 bridgehead atoms. The summed E-state index contributed by atoms with van der Waals surface area (Å²) in [5.41, 5.74) is 3.34. The average molecular weight is 473 g/mol. The zero-order valence-electron chi connectivity index (χ0n) is 18.9. The topological polar surface area (TPSA) is 67.9 Å². The lowest BCUT2D eigenvalue weighted by Gasteiger charge is -2.29. The molecule has 4 rings (SSSR count). The molecule has 0 aromatic heterocycles. The zero-order valence-corrected chi connectivity index (χ0v) is 19.7. The Labute approximate surface area is 203 Å². The van der Waals surface area contributed by atoms with Gasteiger partial charge in [-0.2, -0.15) is 0 Å². The highest BCUT2D eigenvalue weighted by Gasteiger charge is 2.34. The lowest BCUT2D eigenvalue weighted by Crippen LogP contribution is -2.54. The fraction of sp³-hybridized carbons (Fsp3) is 0.148. The van der Waals surface area contributed by atoms with E-state index in [0.717, 1.165) is 17.5 Å². The number of ether oxygens (including phenoxy) is 2. The zero-order chi connectivity index (χ0) is 24.1. The molecule has 1 N–H and O–H groups in total. The van der Waals surface area contributed by atoms with Crippen molar-refractivity contribution < 1.29 is 19.1 Å². The Morgan fingerprint density at radius 3 is 2.35 bits per heavy atom. The Balaban J connectivity index is 1.62. The van der Waals surface area contributed by atoms with Gasteiger partial charge in [0.15, 0.2) is 16.6 Å². The van der Waals surface area contributed by atoms with Gasteiger partial charge in [-0.15, -0.1) is 0 Å². The van der Waals surface area contributed by atoms with Crippen molar-refractivity contribution in [3.05, 3.63) is 95.1 Å². The summed E-state index contributed by atoms with van der Waals surface area (Å²) in [5.74, 6) is 0.0304. The molecule has 172 valence electrons. The van der Waals surface area contributed by atoms with E-state index >= 15 is 0 Å². The predicted octanol–water partition coefficient (Wildman–Crippen LogP) is 4.67. The first-order chi connectivity index (χ1) is 16.5. The first kappa shape index (κ1) is 23.2. The molecule has 7 heteroatoms. The van der Waals surface area contributed by atoms with Crippen LogP contribution in [-0.2, 0) is 22.6 Å². The molecule has 0 radical (unpaired) electrons. The van der Waals surface area contributed by atoms with E-state index in [4.69, 9.17) is 21.7 Å². The Hall–Kier alpha value is -3.97. The molecule has 3 aromatic rings. The number of nitrogens with zero attached hydrogens (tertiary/aromatic N) is 1. The molecule has 0 unspecified atom stereocenters. The van der Waals surface area contributed by atoms with E-state index < -0.39 is 11.8 Å². The maximum absolute atomic E-state index is 13.3. The van der Waals surface area contributed by atoms with Crippen LogP contribution in [0.3, 0.4) is 0 Å². The van der Waals surface area contributed by atoms with Gasteiger partial charge in [-0.3, -0.25) is 19.8 Å². The summed E-state index contributed by atoms with van der Waals surface area (Å²) in [7, 11) is 1.56. The van der Waals surface area contributed by atoms with Gasteiger partial charge in [-0.25, -0.2) is 0 Å². The molecule has 1 aliphatic rings. The SMILES string of the molecule is CCc1ccc(N2C(=O)C(=Cc3ccc(OC)c(OCc4ccccc4)c3)C(=O)NC2=S)cc1. The maximum Gasteiger partial charge on any atom is 0.270 e. The molecule has 1 heterocycles. The van der Waals surface area contributed by atoms with Gasteiger partial charge in [0.1, 0.15) is 12.2 Å². The van der Waals surface area contributed by atoms with Crippen molar-refractivity contribution in [1.82, 2.24) is 5.32 Å². The van der Waals surface area contributed by atoms with Gasteiger partial charge in [0, 0.05) is 0 Å². The van der Waals surface area contributed by atoms with Crippen molar-refractivity contribution in [2.75, 3.05) is 12.0 Å². The van der Waals surface area contributed by atoms with Gasteiger partial charge in [0.05, 0.1) is 12.8 Å². The van der Waals surface area contributed by atoms with E-state index in [1.165, 1.54) is 11.0 Å². The first-order valence-corrected chi connectivity index (χ1v) is 11.3. The third-order valence-electron chi connectivity index (χ3n) is 5.44. The van der Waals surface area contributed by atoms with Crippen molar-refractivity contribution in [3.63, 3.8) is 0 Å². The monoisotopic (exact) mass is 472 g/mol. The van der Waals surface area contributed by atoms with Gasteiger partial charge in [0.25, 0.3) is 11.8 Å². The molecule has 0 spiro atoms. The van der Waals surface area contributed by atoms with E-state index in [1.807, 2.05) is 54.6 Å². The number of hydrogen-bond donors (Lipinski definition) is 1. The summed E-state index contributed by atoms with van der Waals surface area (Å²) in [4.78, 5) is 27.3. The summed E-state index contributed by atoms with van der Waals surface area (Å²) in [6.07, 6.45) is 2.41. The minimum Gasteiger partial charge on any atom is -0.493 e. The van der Waals surface area contributed by atoms with Gasteiger partial charge >= 0.3 is 0 Å². The van der Waals surface area contributed by atoms with Crippen LogP contribution >= 0.6 is 12.2 Å². The van der Waals surface area contributed by atoms with E-state index in [2.05, 4.69) is 12.2 Å². The van der Waals surface area contributed by atoms with Crippen LogP contribution < -0.4 is 19.7 Å². The molecule has 1 saturated heterocycles. The smallest absolute Gasteiger partial charge is 0.270 e. The summed E-state index contributed by atoms with van der Waals surface area (Å²) in [6, 6.07) is 22.5. The van der Waals surface area contributed by atoms with Crippen molar-refractivity contribution in [2.45, 2.75) is 20.0 Å². The third-order valence-corrected chi connectivity index (χ3v) is 5.72. The molecule has 6 nitrogen and oxygen atoms in total. The van der Waals surface area contributed by atoms with E-state index in [1.54, 1.807) is 25.3 Å². The second-order valence-corrected chi connectivity index (χ2v) is 8.05. The van der Waals surface area contributed by atoms with E-state index in [9.17, 15) is 9.59 Å². The van der Waals surface area contributed by atoms with Gasteiger partial charge in [-0.1, -0.05) is 55.5 Å². The highest BCUT2D eigenvalue weighted by Crippen LogP contribution is 2.30. The predicted molar refractivity (Wildman–Crippen MR) is 136 cm³/mol. The Bertz CT molecular complexity index is 1250. The minimum atomic E-state index is -0.543. The van der Waals surface area contributed by atoms with Crippen LogP contribution in [0.25, 0.3) is 6.08 Å². The normalized spacial score (nSPS) is 14.8. The Kier molecular flexibility index (Phi) is 7.04. The van der Waals surface area contributed by atoms with Crippen LogP contribution in [0.5, 0.6) is 11.5 Å². The molecular formula is C27H24N2O4S. The standard InChI is InChI=1S/C27H24N2O4S/c1-3-18-9-12-21(13-10-18)29-26(31)22(25(30)28-27(29)34)15-20-11-14-23(32-2)24(16-20)33-17-19-7-5-4-6-8-19/h4-16H,3,17H2,1-2H3,(H,28,30,34). The molecule has 1 aliphatic heterocycles. The minimum absolute atomic E-state index is 0.0210. The average Bonchev–Trinajstić information content (AvgIpc) is 2.86. The summed E-state index contributed by atoms with van der Waals surface area (Å²) in [5, 5.41) is 2.67. The number of methoxy groups -OCH3 is 1. The third kappa shape index (κ3) is 5.00. The van der Waals surface area contributed by atoms with Crippen LogP contribution in [0.15, 0.2) is 78.4 Å². The highest BCUT2D eigenvalue weighted by molar-refractivity contribution is 7.80. The molecule has 0 aliphatic carbocycles. The first-order valence-electron chi connectivity index (χ1n) is 10.9. The number of carbonyl (C=O) groups is 2. The van der Waals surface area contributed by atoms with Crippen LogP contribution in [0.2, 0.25) is 0 Å². The van der Waals surface area contributed by atoms with Crippen molar-refractivity contribution in [2.24, 2.45) is 0 Å². The fourth-order valence-corrected chi connectivity index (χ4v) is 3.85. The molecule has 2 amide bonds. The van der Waals surface area contributed by atoms with E-state index in [-0.39, 0.29) is 10.7 Å². The summed E-state index contributed by atoms with van der Waals surface area (Å²) >= 11 is 5.29. The number of aryl methyl sites for hydroxylation is 1. The van der Waals surface area contributed by atoms with Gasteiger partial charge in [-0.05, 0) is 65.7 Å². The highest BCUT2D eigenvalue weighted by atomic mass is 32.1. The quantitative estimate of drug-likeness (QED) is 0.308. The lowest BCUT2D eigenvalue weighted by atomic mass is 10.1. The van der Waals surface area contributed by atoms with Crippen molar-refractivity contribution in [1.29, 1.82) is 0 Å². The molecule has 1 fully saturated rings. The molecule has 34 heavy (non-hydrogen) atoms. The fourth-order valence-electron chi connectivity index (χ4n) is 3.57. The van der Waals surface area contributed by atoms with E-state index in [0.29, 0.717) is 29.4 Å². The second kappa shape index (κ2) is 10.3. The largest absolute Gasteiger partial charge is 0.493 e. The number of rotatable bonds is 7. The number of benzene rings is 3. The lowest BCUT2D eigenvalue weighted by molar-refractivity contribution is -0.122. The molecular weight excluding hydrogens is 448 g/mol. The van der Waals surface area contributed by atoms with Crippen LogP contribution in [0, 0.1) is 0 Å². The second-order valence-electron chi connectivity index (χ2n) is 7.66. The number of nitrogens with one attached hydrogen (secondary N) is 1. The van der Waals surface area contributed by atoms with Gasteiger partial charge < -0.3 is 9.47 Å². The molecule has 0 saturated carbocycles. The number of hydrogen-bond acceptors (Lipinski definition) is 5. The maximum atomic E-state index is 13.3. The number of thiocarbonyl (C=S) groups is 1. The van der Waals surface area contributed by atoms with Gasteiger partial charge in [0.2, 0.25) is 0 Å². The Morgan fingerprint density at radius 2 is 1.68 bits per heavy atom. The number of anilines is 1.